The third-order valence-corrected chi connectivity index (χ3v) is 2.92. The summed E-state index contributed by atoms with van der Waals surface area (Å²) in [5.74, 6) is 2.00. The van der Waals surface area contributed by atoms with Gasteiger partial charge in [0.1, 0.15) is 0 Å². The Labute approximate surface area is 67.7 Å². The first-order chi connectivity index (χ1) is 5.42. The lowest BCUT2D eigenvalue weighted by Crippen LogP contribution is -2.05. The van der Waals surface area contributed by atoms with Crippen LogP contribution in [0.4, 0.5) is 0 Å². The Bertz CT molecular complexity index is 211. The first-order valence-corrected chi connectivity index (χ1v) is 4.46. The number of hydrogen-bond acceptors (Lipinski definition) is 1. The van der Waals surface area contributed by atoms with Crippen molar-refractivity contribution in [3.63, 3.8) is 0 Å². The molecule has 58 valence electrons. The molecule has 1 fully saturated rings. The van der Waals surface area contributed by atoms with Crippen molar-refractivity contribution < 1.29 is 0 Å². The first-order valence-electron chi connectivity index (χ1n) is 4.46. The van der Waals surface area contributed by atoms with Gasteiger partial charge in [0.2, 0.25) is 0 Å². The van der Waals surface area contributed by atoms with E-state index in [1.807, 2.05) is 0 Å². The van der Waals surface area contributed by atoms with E-state index in [0.717, 1.165) is 11.8 Å². The van der Waals surface area contributed by atoms with E-state index in [9.17, 15) is 0 Å². The zero-order valence-electron chi connectivity index (χ0n) is 6.66. The number of nitriles is 1. The Kier molecular flexibility index (Phi) is 1.69. The maximum absolute atomic E-state index is 8.64. The van der Waals surface area contributed by atoms with Gasteiger partial charge in [-0.25, -0.2) is 0 Å². The fourth-order valence-corrected chi connectivity index (χ4v) is 2.09. The van der Waals surface area contributed by atoms with Crippen LogP contribution in [0, 0.1) is 29.1 Å². The topological polar surface area (TPSA) is 23.8 Å². The molecular weight excluding hydrogens is 134 g/mol. The van der Waals surface area contributed by atoms with Crippen molar-refractivity contribution in [2.45, 2.75) is 25.7 Å². The van der Waals surface area contributed by atoms with Crippen molar-refractivity contribution in [3.8, 4) is 6.07 Å². The highest BCUT2D eigenvalue weighted by Crippen LogP contribution is 2.47. The van der Waals surface area contributed by atoms with E-state index in [0.29, 0.717) is 5.92 Å². The second kappa shape index (κ2) is 2.70. The van der Waals surface area contributed by atoms with Crippen molar-refractivity contribution in [1.82, 2.24) is 0 Å². The monoisotopic (exact) mass is 147 g/mol. The van der Waals surface area contributed by atoms with E-state index in [2.05, 4.69) is 18.2 Å². The van der Waals surface area contributed by atoms with Crippen LogP contribution in [0.15, 0.2) is 12.2 Å². The molecule has 0 bridgehead atoms. The number of allylic oxidation sites excluding steroid dienone is 2. The second-order valence-electron chi connectivity index (χ2n) is 3.68. The van der Waals surface area contributed by atoms with Gasteiger partial charge in [-0.05, 0) is 37.5 Å². The maximum Gasteiger partial charge on any atom is 0.0658 e. The van der Waals surface area contributed by atoms with Crippen LogP contribution in [0.3, 0.4) is 0 Å². The van der Waals surface area contributed by atoms with Crippen LogP contribution >= 0.6 is 0 Å². The van der Waals surface area contributed by atoms with Crippen LogP contribution in [0.25, 0.3) is 0 Å². The zero-order chi connectivity index (χ0) is 7.68. The summed E-state index contributed by atoms with van der Waals surface area (Å²) in [5.41, 5.74) is 0. The van der Waals surface area contributed by atoms with E-state index >= 15 is 0 Å². The van der Waals surface area contributed by atoms with Gasteiger partial charge < -0.3 is 0 Å². The minimum Gasteiger partial charge on any atom is -0.198 e. The van der Waals surface area contributed by atoms with E-state index in [-0.39, 0.29) is 0 Å². The van der Waals surface area contributed by atoms with Crippen LogP contribution in [0.1, 0.15) is 25.7 Å². The molecule has 0 radical (unpaired) electrons. The lowest BCUT2D eigenvalue weighted by Gasteiger charge is -2.16. The third-order valence-electron chi connectivity index (χ3n) is 2.92. The van der Waals surface area contributed by atoms with Crippen molar-refractivity contribution in [3.05, 3.63) is 12.2 Å². The molecule has 2 rings (SSSR count). The average molecular weight is 147 g/mol. The van der Waals surface area contributed by atoms with Gasteiger partial charge in [-0.2, -0.15) is 5.26 Å². The van der Waals surface area contributed by atoms with Crippen molar-refractivity contribution >= 4 is 0 Å². The molecule has 3 unspecified atom stereocenters. The Balaban J connectivity index is 1.89. The van der Waals surface area contributed by atoms with Crippen molar-refractivity contribution in [2.75, 3.05) is 0 Å². The first kappa shape index (κ1) is 6.91. The van der Waals surface area contributed by atoms with Gasteiger partial charge >= 0.3 is 0 Å². The van der Waals surface area contributed by atoms with Gasteiger partial charge in [-0.15, -0.1) is 0 Å². The Morgan fingerprint density at radius 3 is 2.82 bits per heavy atom. The fraction of sp³-hybridized carbons (Fsp3) is 0.700. The lowest BCUT2D eigenvalue weighted by molar-refractivity contribution is 0.413. The predicted molar refractivity (Wildman–Crippen MR) is 43.7 cm³/mol. The Morgan fingerprint density at radius 2 is 2.27 bits per heavy atom. The molecule has 0 spiro atoms. The molecule has 1 nitrogen and oxygen atoms in total. The van der Waals surface area contributed by atoms with Gasteiger partial charge in [0.15, 0.2) is 0 Å². The van der Waals surface area contributed by atoms with Crippen LogP contribution < -0.4 is 0 Å². The molecule has 0 amide bonds. The minimum atomic E-state index is 0.409. The summed E-state index contributed by atoms with van der Waals surface area (Å²) in [7, 11) is 0. The smallest absolute Gasteiger partial charge is 0.0658 e. The Morgan fingerprint density at radius 1 is 1.36 bits per heavy atom. The summed E-state index contributed by atoms with van der Waals surface area (Å²) in [5, 5.41) is 8.64. The minimum absolute atomic E-state index is 0.409. The molecule has 0 aromatic carbocycles. The summed E-state index contributed by atoms with van der Waals surface area (Å²) in [6, 6.07) is 2.36. The summed E-state index contributed by atoms with van der Waals surface area (Å²) in [6.45, 7) is 0. The molecule has 0 aromatic heterocycles. The number of rotatable bonds is 1. The van der Waals surface area contributed by atoms with Gasteiger partial charge in [-0.3, -0.25) is 0 Å². The molecule has 2 aliphatic rings. The molecule has 0 aliphatic heterocycles. The molecule has 0 saturated heterocycles. The van der Waals surface area contributed by atoms with Crippen molar-refractivity contribution in [2.24, 2.45) is 17.8 Å². The third kappa shape index (κ3) is 1.30. The molecule has 2 aliphatic carbocycles. The zero-order valence-corrected chi connectivity index (χ0v) is 6.66. The van der Waals surface area contributed by atoms with Crippen LogP contribution in [0.2, 0.25) is 0 Å². The molecule has 0 aromatic rings. The van der Waals surface area contributed by atoms with E-state index in [4.69, 9.17) is 5.26 Å². The molecular formula is C10H13N. The molecule has 0 heterocycles. The summed E-state index contributed by atoms with van der Waals surface area (Å²) in [6.07, 6.45) is 9.50. The number of nitrogens with zero attached hydrogens (tertiary/aromatic N) is 1. The molecule has 11 heavy (non-hydrogen) atoms. The molecule has 3 atom stereocenters. The molecule has 0 N–H and O–H groups in total. The summed E-state index contributed by atoms with van der Waals surface area (Å²) >= 11 is 0. The van der Waals surface area contributed by atoms with Gasteiger partial charge in [0.25, 0.3) is 0 Å². The van der Waals surface area contributed by atoms with Crippen LogP contribution in [-0.2, 0) is 0 Å². The second-order valence-corrected chi connectivity index (χ2v) is 3.68. The highest BCUT2D eigenvalue weighted by atomic mass is 14.5. The summed E-state index contributed by atoms with van der Waals surface area (Å²) in [4.78, 5) is 0. The highest BCUT2D eigenvalue weighted by molar-refractivity contribution is 5.06. The van der Waals surface area contributed by atoms with Gasteiger partial charge in [0.05, 0.1) is 6.07 Å². The normalized spacial score (nSPS) is 41.5. The fourth-order valence-electron chi connectivity index (χ4n) is 2.09. The predicted octanol–water partition coefficient (Wildman–Crippen LogP) is 2.50. The number of hydrogen-bond donors (Lipinski definition) is 0. The van der Waals surface area contributed by atoms with Gasteiger partial charge in [0, 0.05) is 5.92 Å². The largest absolute Gasteiger partial charge is 0.198 e. The molecule has 1 heteroatoms. The molecule has 1 saturated carbocycles. The lowest BCUT2D eigenvalue weighted by atomic mass is 9.89. The average Bonchev–Trinajstić information content (AvgIpc) is 2.85. The van der Waals surface area contributed by atoms with Gasteiger partial charge in [-0.1, -0.05) is 12.2 Å². The highest BCUT2D eigenvalue weighted by Gasteiger charge is 2.42. The maximum atomic E-state index is 8.64. The van der Waals surface area contributed by atoms with E-state index in [1.54, 1.807) is 0 Å². The Hall–Kier alpha value is -0.770. The van der Waals surface area contributed by atoms with Crippen LogP contribution in [0.5, 0.6) is 0 Å². The van der Waals surface area contributed by atoms with E-state index in [1.165, 1.54) is 25.7 Å². The summed E-state index contributed by atoms with van der Waals surface area (Å²) < 4.78 is 0. The van der Waals surface area contributed by atoms with E-state index < -0.39 is 0 Å². The SMILES string of the molecule is N#CC1CC1C1CC=CCC1. The van der Waals surface area contributed by atoms with Crippen LogP contribution in [-0.4, -0.2) is 0 Å². The van der Waals surface area contributed by atoms with Crippen molar-refractivity contribution in [1.29, 1.82) is 5.26 Å². The quantitative estimate of drug-likeness (QED) is 0.523. The standard InChI is InChI=1S/C10H13N/c11-7-9-6-10(9)8-4-2-1-3-5-8/h1-2,8-10H,3-6H2.